The van der Waals surface area contributed by atoms with Crippen LogP contribution in [0.2, 0.25) is 5.02 Å². The van der Waals surface area contributed by atoms with Crippen molar-refractivity contribution in [3.63, 3.8) is 0 Å². The van der Waals surface area contributed by atoms with Gasteiger partial charge in [0.2, 0.25) is 5.91 Å². The maximum atomic E-state index is 13.0. The summed E-state index contributed by atoms with van der Waals surface area (Å²) in [5.41, 5.74) is 0.737. The van der Waals surface area contributed by atoms with E-state index in [1.165, 1.54) is 12.1 Å². The highest BCUT2D eigenvalue weighted by atomic mass is 35.5. The van der Waals surface area contributed by atoms with E-state index in [0.29, 0.717) is 17.9 Å². The Bertz CT molecular complexity index is 360. The highest BCUT2D eigenvalue weighted by Crippen LogP contribution is 2.26. The van der Waals surface area contributed by atoms with Crippen molar-refractivity contribution in [3.8, 4) is 0 Å². The Morgan fingerprint density at radius 2 is 2.21 bits per heavy atom. The van der Waals surface area contributed by atoms with Crippen LogP contribution in [0.3, 0.4) is 0 Å². The number of nitrogens with one attached hydrogen (secondary N) is 1. The van der Waals surface area contributed by atoms with Crippen LogP contribution in [0.15, 0.2) is 18.2 Å². The van der Waals surface area contributed by atoms with Crippen LogP contribution in [0, 0.1) is 5.82 Å². The molecule has 1 aromatic rings. The summed E-state index contributed by atoms with van der Waals surface area (Å²) in [6.07, 6.45) is 1.21. The highest BCUT2D eigenvalue weighted by Gasteiger charge is 2.22. The third-order valence-corrected chi connectivity index (χ3v) is 2.50. The van der Waals surface area contributed by atoms with Gasteiger partial charge < -0.3 is 5.32 Å². The Morgan fingerprint density at radius 3 is 2.79 bits per heavy atom. The van der Waals surface area contributed by atoms with Crippen LogP contribution >= 0.6 is 11.6 Å². The van der Waals surface area contributed by atoms with E-state index < -0.39 is 0 Å². The molecule has 1 heterocycles. The number of carbonyl (C=O) groups is 1. The fourth-order valence-electron chi connectivity index (χ4n) is 1.64. The van der Waals surface area contributed by atoms with E-state index in [-0.39, 0.29) is 17.8 Å². The average Bonchev–Trinajstić information content (AvgIpc) is 2.50. The van der Waals surface area contributed by atoms with Gasteiger partial charge in [0, 0.05) is 11.4 Å². The monoisotopic (exact) mass is 213 g/mol. The van der Waals surface area contributed by atoms with E-state index in [1.807, 2.05) is 0 Å². The molecule has 4 heteroatoms. The van der Waals surface area contributed by atoms with Gasteiger partial charge in [0.05, 0.1) is 6.04 Å². The van der Waals surface area contributed by atoms with Crippen molar-refractivity contribution < 1.29 is 9.18 Å². The maximum absolute atomic E-state index is 13.0. The molecule has 0 saturated carbocycles. The summed E-state index contributed by atoms with van der Waals surface area (Å²) >= 11 is 5.71. The Hall–Kier alpha value is -1.09. The number of halogens is 2. The summed E-state index contributed by atoms with van der Waals surface area (Å²) in [5.74, 6) is -0.357. The molecular formula is C10H9ClFNO. The molecule has 0 aliphatic carbocycles. The van der Waals surface area contributed by atoms with Gasteiger partial charge >= 0.3 is 0 Å². The number of hydrogen-bond donors (Lipinski definition) is 1. The average molecular weight is 214 g/mol. The number of carbonyl (C=O) groups excluding carboxylic acids is 1. The summed E-state index contributed by atoms with van der Waals surface area (Å²) in [5, 5.41) is 3.12. The van der Waals surface area contributed by atoms with Crippen molar-refractivity contribution in [1.82, 2.24) is 5.32 Å². The number of hydrogen-bond acceptors (Lipinski definition) is 1. The molecular weight excluding hydrogens is 205 g/mol. The zero-order valence-corrected chi connectivity index (χ0v) is 8.14. The van der Waals surface area contributed by atoms with E-state index in [1.54, 1.807) is 6.07 Å². The van der Waals surface area contributed by atoms with Gasteiger partial charge in [-0.3, -0.25) is 4.79 Å². The van der Waals surface area contributed by atoms with Crippen LogP contribution < -0.4 is 5.32 Å². The zero-order chi connectivity index (χ0) is 10.1. The zero-order valence-electron chi connectivity index (χ0n) is 7.39. The lowest BCUT2D eigenvalue weighted by Crippen LogP contribution is -2.18. The lowest BCUT2D eigenvalue weighted by molar-refractivity contribution is -0.119. The van der Waals surface area contributed by atoms with Crippen molar-refractivity contribution in [2.24, 2.45) is 0 Å². The first kappa shape index (κ1) is 9.46. The minimum Gasteiger partial charge on any atom is -0.349 e. The summed E-state index contributed by atoms with van der Waals surface area (Å²) in [6.45, 7) is 0. The van der Waals surface area contributed by atoms with Gasteiger partial charge in [-0.15, -0.1) is 0 Å². The molecule has 74 valence electrons. The number of amides is 1. The molecule has 0 spiro atoms. The Morgan fingerprint density at radius 1 is 1.43 bits per heavy atom. The summed E-state index contributed by atoms with van der Waals surface area (Å²) < 4.78 is 13.0. The van der Waals surface area contributed by atoms with E-state index in [2.05, 4.69) is 5.32 Å². The molecule has 0 bridgehead atoms. The molecule has 1 aliphatic heterocycles. The second kappa shape index (κ2) is 3.58. The van der Waals surface area contributed by atoms with Crippen molar-refractivity contribution in [2.75, 3.05) is 0 Å². The SMILES string of the molecule is O=C1CC[C@H](c2cc(F)cc(Cl)c2)N1. The molecule has 1 amide bonds. The molecule has 2 nitrogen and oxygen atoms in total. The lowest BCUT2D eigenvalue weighted by Gasteiger charge is -2.10. The highest BCUT2D eigenvalue weighted by molar-refractivity contribution is 6.30. The van der Waals surface area contributed by atoms with Gasteiger partial charge in [-0.1, -0.05) is 11.6 Å². The molecule has 1 aliphatic rings. The number of rotatable bonds is 1. The molecule has 1 fully saturated rings. The Labute approximate surface area is 86.1 Å². The normalized spacial score (nSPS) is 21.0. The third kappa shape index (κ3) is 1.87. The molecule has 0 aromatic heterocycles. The minimum absolute atomic E-state index is 0.00961. The van der Waals surface area contributed by atoms with Gasteiger partial charge in [0.25, 0.3) is 0 Å². The summed E-state index contributed by atoms with van der Waals surface area (Å²) in [6, 6.07) is 4.25. The molecule has 1 atom stereocenters. The Balaban J connectivity index is 2.27. The number of benzene rings is 1. The van der Waals surface area contributed by atoms with Crippen molar-refractivity contribution >= 4 is 17.5 Å². The summed E-state index contributed by atoms with van der Waals surface area (Å²) in [4.78, 5) is 11.0. The van der Waals surface area contributed by atoms with Gasteiger partial charge in [-0.2, -0.15) is 0 Å². The van der Waals surface area contributed by atoms with Crippen LogP contribution in [0.5, 0.6) is 0 Å². The minimum atomic E-state index is -0.367. The van der Waals surface area contributed by atoms with Gasteiger partial charge in [-0.05, 0) is 30.2 Å². The lowest BCUT2D eigenvalue weighted by atomic mass is 10.1. The van der Waals surface area contributed by atoms with Crippen molar-refractivity contribution in [2.45, 2.75) is 18.9 Å². The van der Waals surface area contributed by atoms with Crippen LogP contribution in [-0.2, 0) is 4.79 Å². The van der Waals surface area contributed by atoms with Crippen molar-refractivity contribution in [3.05, 3.63) is 34.6 Å². The van der Waals surface area contributed by atoms with Crippen LogP contribution in [0.25, 0.3) is 0 Å². The van der Waals surface area contributed by atoms with Crippen LogP contribution in [-0.4, -0.2) is 5.91 Å². The molecule has 2 rings (SSSR count). The van der Waals surface area contributed by atoms with Gasteiger partial charge in [0.1, 0.15) is 5.82 Å². The smallest absolute Gasteiger partial charge is 0.220 e. The molecule has 1 aromatic carbocycles. The van der Waals surface area contributed by atoms with Crippen LogP contribution in [0.4, 0.5) is 4.39 Å². The third-order valence-electron chi connectivity index (χ3n) is 2.28. The maximum Gasteiger partial charge on any atom is 0.220 e. The topological polar surface area (TPSA) is 29.1 Å². The second-order valence-electron chi connectivity index (χ2n) is 3.36. The van der Waals surface area contributed by atoms with Crippen molar-refractivity contribution in [1.29, 1.82) is 0 Å². The molecule has 0 radical (unpaired) electrons. The molecule has 0 unspecified atom stereocenters. The first-order chi connectivity index (χ1) is 6.65. The molecule has 1 saturated heterocycles. The summed E-state index contributed by atoms with van der Waals surface area (Å²) in [7, 11) is 0. The van der Waals surface area contributed by atoms with E-state index in [0.717, 1.165) is 5.56 Å². The van der Waals surface area contributed by atoms with Gasteiger partial charge in [-0.25, -0.2) is 4.39 Å². The van der Waals surface area contributed by atoms with E-state index >= 15 is 0 Å². The second-order valence-corrected chi connectivity index (χ2v) is 3.80. The Kier molecular flexibility index (Phi) is 2.42. The first-order valence-electron chi connectivity index (χ1n) is 4.40. The standard InChI is InChI=1S/C10H9ClFNO/c11-7-3-6(4-8(12)5-7)9-1-2-10(14)13-9/h3-5,9H,1-2H2,(H,13,14)/t9-/m1/s1. The fraction of sp³-hybridized carbons (Fsp3) is 0.300. The van der Waals surface area contributed by atoms with Crippen LogP contribution in [0.1, 0.15) is 24.4 Å². The van der Waals surface area contributed by atoms with E-state index in [9.17, 15) is 9.18 Å². The largest absolute Gasteiger partial charge is 0.349 e. The predicted octanol–water partition coefficient (Wildman–Crippen LogP) is 2.43. The first-order valence-corrected chi connectivity index (χ1v) is 4.78. The molecule has 1 N–H and O–H groups in total. The van der Waals surface area contributed by atoms with Gasteiger partial charge in [0.15, 0.2) is 0 Å². The van der Waals surface area contributed by atoms with E-state index in [4.69, 9.17) is 11.6 Å². The fourth-order valence-corrected chi connectivity index (χ4v) is 1.87. The quantitative estimate of drug-likeness (QED) is 0.763. The predicted molar refractivity (Wildman–Crippen MR) is 51.5 cm³/mol. The molecule has 14 heavy (non-hydrogen) atoms.